The van der Waals surface area contributed by atoms with Crippen molar-refractivity contribution >= 4 is 12.0 Å². The molecule has 0 spiro atoms. The number of aromatic nitrogens is 2. The van der Waals surface area contributed by atoms with Gasteiger partial charge in [-0.1, -0.05) is 12.2 Å². The second kappa shape index (κ2) is 10.8. The first-order chi connectivity index (χ1) is 16.8. The van der Waals surface area contributed by atoms with E-state index in [0.717, 1.165) is 24.1 Å². The van der Waals surface area contributed by atoms with Crippen LogP contribution in [0, 0.1) is 5.82 Å². The molecule has 2 unspecified atom stereocenters. The largest absolute Gasteiger partial charge is 0.497 e. The molecule has 1 heterocycles. The standard InChI is InChI=1S/C27H27FN2O5/c1-35-22-11-6-18(7-12-22)27-29-25(16-2-3-16)23(13-10-20(31)14-21(32)15-24(33)34)26(30-27)17-4-8-19(28)9-5-17/h4-13,16,20-21,31-32H,2-3,14-15H2,1H3,(H,33,34)/b13-10+. The Kier molecular flexibility index (Phi) is 7.53. The van der Waals surface area contributed by atoms with E-state index in [2.05, 4.69) is 0 Å². The summed E-state index contributed by atoms with van der Waals surface area (Å²) in [6.45, 7) is 0. The highest BCUT2D eigenvalue weighted by Crippen LogP contribution is 2.43. The molecule has 35 heavy (non-hydrogen) atoms. The highest BCUT2D eigenvalue weighted by molar-refractivity contribution is 5.76. The first kappa shape index (κ1) is 24.5. The van der Waals surface area contributed by atoms with Gasteiger partial charge in [0.2, 0.25) is 0 Å². The number of carboxylic acid groups (broad SMARTS) is 1. The van der Waals surface area contributed by atoms with E-state index in [-0.39, 0.29) is 18.2 Å². The van der Waals surface area contributed by atoms with Crippen molar-refractivity contribution in [3.05, 3.63) is 71.7 Å². The maximum atomic E-state index is 13.6. The van der Waals surface area contributed by atoms with E-state index < -0.39 is 24.6 Å². The molecule has 0 aliphatic heterocycles. The van der Waals surface area contributed by atoms with Crippen LogP contribution in [0.25, 0.3) is 28.7 Å². The van der Waals surface area contributed by atoms with E-state index in [0.29, 0.717) is 28.4 Å². The molecule has 0 amide bonds. The number of benzene rings is 2. The fourth-order valence-corrected chi connectivity index (χ4v) is 3.87. The molecule has 8 heteroatoms. The molecule has 2 aromatic carbocycles. The molecular weight excluding hydrogens is 451 g/mol. The zero-order valence-electron chi connectivity index (χ0n) is 19.3. The van der Waals surface area contributed by atoms with E-state index in [9.17, 15) is 19.4 Å². The smallest absolute Gasteiger partial charge is 0.305 e. The molecule has 1 aliphatic carbocycles. The lowest BCUT2D eigenvalue weighted by molar-refractivity contribution is -0.139. The van der Waals surface area contributed by atoms with Crippen molar-refractivity contribution < 1.29 is 29.2 Å². The van der Waals surface area contributed by atoms with Crippen molar-refractivity contribution in [2.24, 2.45) is 0 Å². The number of hydrogen-bond acceptors (Lipinski definition) is 6. The third-order valence-electron chi connectivity index (χ3n) is 5.81. The first-order valence-corrected chi connectivity index (χ1v) is 11.4. The first-order valence-electron chi connectivity index (χ1n) is 11.4. The van der Waals surface area contributed by atoms with Gasteiger partial charge in [0.1, 0.15) is 11.6 Å². The van der Waals surface area contributed by atoms with Gasteiger partial charge in [-0.05, 0) is 61.4 Å². The minimum atomic E-state index is -1.17. The summed E-state index contributed by atoms with van der Waals surface area (Å²) in [6.07, 6.45) is 2.39. The van der Waals surface area contributed by atoms with Gasteiger partial charge in [0.25, 0.3) is 0 Å². The van der Waals surface area contributed by atoms with Gasteiger partial charge in [-0.2, -0.15) is 0 Å². The Morgan fingerprint density at radius 2 is 1.74 bits per heavy atom. The van der Waals surface area contributed by atoms with Crippen LogP contribution in [0.2, 0.25) is 0 Å². The van der Waals surface area contributed by atoms with Crippen molar-refractivity contribution in [2.45, 2.75) is 43.8 Å². The Labute approximate surface area is 202 Å². The van der Waals surface area contributed by atoms with Crippen molar-refractivity contribution in [3.8, 4) is 28.4 Å². The number of carboxylic acids is 1. The second-order valence-corrected chi connectivity index (χ2v) is 8.62. The van der Waals surface area contributed by atoms with Gasteiger partial charge in [-0.25, -0.2) is 14.4 Å². The van der Waals surface area contributed by atoms with Crippen LogP contribution in [0.4, 0.5) is 4.39 Å². The van der Waals surface area contributed by atoms with Gasteiger partial charge in [0.15, 0.2) is 5.82 Å². The normalized spacial score (nSPS) is 15.2. The molecule has 1 fully saturated rings. The zero-order valence-corrected chi connectivity index (χ0v) is 19.3. The van der Waals surface area contributed by atoms with Crippen LogP contribution in [-0.4, -0.2) is 50.6 Å². The Bertz CT molecular complexity index is 1210. The highest BCUT2D eigenvalue weighted by atomic mass is 19.1. The topological polar surface area (TPSA) is 113 Å². The second-order valence-electron chi connectivity index (χ2n) is 8.62. The van der Waals surface area contributed by atoms with Crippen LogP contribution in [0.15, 0.2) is 54.6 Å². The van der Waals surface area contributed by atoms with Crippen LogP contribution in [0.3, 0.4) is 0 Å². The van der Waals surface area contributed by atoms with Gasteiger partial charge in [-0.3, -0.25) is 4.79 Å². The average molecular weight is 479 g/mol. The number of methoxy groups -OCH3 is 1. The predicted octanol–water partition coefficient (Wildman–Crippen LogP) is 4.44. The van der Waals surface area contributed by atoms with Crippen molar-refractivity contribution in [2.75, 3.05) is 7.11 Å². The van der Waals surface area contributed by atoms with Gasteiger partial charge < -0.3 is 20.1 Å². The van der Waals surface area contributed by atoms with Crippen molar-refractivity contribution in [1.82, 2.24) is 9.97 Å². The Morgan fingerprint density at radius 1 is 1.09 bits per heavy atom. The van der Waals surface area contributed by atoms with E-state index in [1.54, 1.807) is 25.3 Å². The molecule has 3 N–H and O–H groups in total. The van der Waals surface area contributed by atoms with Crippen LogP contribution < -0.4 is 4.74 Å². The molecule has 4 rings (SSSR count). The summed E-state index contributed by atoms with van der Waals surface area (Å²) in [6, 6.07) is 13.5. The average Bonchev–Trinajstić information content (AvgIpc) is 3.68. The fourth-order valence-electron chi connectivity index (χ4n) is 3.87. The van der Waals surface area contributed by atoms with Gasteiger partial charge in [-0.15, -0.1) is 0 Å². The molecule has 1 aromatic heterocycles. The molecular formula is C27H27FN2O5. The Balaban J connectivity index is 1.76. The van der Waals surface area contributed by atoms with Crippen LogP contribution in [-0.2, 0) is 4.79 Å². The van der Waals surface area contributed by atoms with Crippen LogP contribution >= 0.6 is 0 Å². The lowest BCUT2D eigenvalue weighted by Crippen LogP contribution is -2.19. The number of aliphatic hydroxyl groups excluding tert-OH is 2. The number of ether oxygens (including phenoxy) is 1. The molecule has 182 valence electrons. The van der Waals surface area contributed by atoms with Crippen LogP contribution in [0.5, 0.6) is 5.75 Å². The summed E-state index contributed by atoms with van der Waals surface area (Å²) in [5.41, 5.74) is 3.65. The van der Waals surface area contributed by atoms with E-state index in [1.165, 1.54) is 18.2 Å². The van der Waals surface area contributed by atoms with Gasteiger partial charge >= 0.3 is 5.97 Å². The summed E-state index contributed by atoms with van der Waals surface area (Å²) in [5.74, 6) is -0.00746. The molecule has 0 radical (unpaired) electrons. The summed E-state index contributed by atoms with van der Waals surface area (Å²) in [7, 11) is 1.60. The van der Waals surface area contributed by atoms with Crippen molar-refractivity contribution in [3.63, 3.8) is 0 Å². The van der Waals surface area contributed by atoms with Crippen molar-refractivity contribution in [1.29, 1.82) is 0 Å². The lowest BCUT2D eigenvalue weighted by Gasteiger charge is -2.15. The minimum absolute atomic E-state index is 0.113. The number of rotatable bonds is 10. The van der Waals surface area contributed by atoms with E-state index >= 15 is 0 Å². The number of aliphatic hydroxyl groups is 2. The maximum absolute atomic E-state index is 13.6. The molecule has 1 aliphatic rings. The highest BCUT2D eigenvalue weighted by Gasteiger charge is 2.30. The SMILES string of the molecule is COc1ccc(-c2nc(-c3ccc(F)cc3)c(/C=C/C(O)CC(O)CC(=O)O)c(C3CC3)n2)cc1. The molecule has 0 bridgehead atoms. The Morgan fingerprint density at radius 3 is 2.34 bits per heavy atom. The summed E-state index contributed by atoms with van der Waals surface area (Å²) in [4.78, 5) is 20.5. The molecule has 2 atom stereocenters. The summed E-state index contributed by atoms with van der Waals surface area (Å²) < 4.78 is 18.9. The summed E-state index contributed by atoms with van der Waals surface area (Å²) in [5, 5.41) is 29.1. The van der Waals surface area contributed by atoms with Crippen LogP contribution in [0.1, 0.15) is 42.9 Å². The van der Waals surface area contributed by atoms with E-state index in [4.69, 9.17) is 19.8 Å². The lowest BCUT2D eigenvalue weighted by atomic mass is 9.99. The number of aliphatic carboxylic acids is 1. The van der Waals surface area contributed by atoms with E-state index in [1.807, 2.05) is 24.3 Å². The minimum Gasteiger partial charge on any atom is -0.497 e. The number of halogens is 1. The number of carbonyl (C=O) groups is 1. The fraction of sp³-hybridized carbons (Fsp3) is 0.296. The molecule has 7 nitrogen and oxygen atoms in total. The van der Waals surface area contributed by atoms with Gasteiger partial charge in [0.05, 0.1) is 37.1 Å². The molecule has 0 saturated heterocycles. The third kappa shape index (κ3) is 6.29. The quantitative estimate of drug-likeness (QED) is 0.395. The maximum Gasteiger partial charge on any atom is 0.305 e. The zero-order chi connectivity index (χ0) is 24.9. The molecule has 3 aromatic rings. The third-order valence-corrected chi connectivity index (χ3v) is 5.81. The summed E-state index contributed by atoms with van der Waals surface area (Å²) >= 11 is 0. The molecule has 1 saturated carbocycles. The van der Waals surface area contributed by atoms with Gasteiger partial charge in [0, 0.05) is 29.0 Å². The predicted molar refractivity (Wildman–Crippen MR) is 129 cm³/mol. The number of nitrogens with zero attached hydrogens (tertiary/aromatic N) is 2. The monoisotopic (exact) mass is 478 g/mol. The number of hydrogen-bond donors (Lipinski definition) is 3. The Hall–Kier alpha value is -3.62.